The zero-order valence-electron chi connectivity index (χ0n) is 19.5. The Kier molecular flexibility index (Phi) is 10.1. The van der Waals surface area contributed by atoms with E-state index in [9.17, 15) is 4.79 Å². The fourth-order valence-corrected chi connectivity index (χ4v) is 4.18. The molecule has 0 saturated heterocycles. The quantitative estimate of drug-likeness (QED) is 0.307. The number of guanidine groups is 1. The number of benzene rings is 1. The van der Waals surface area contributed by atoms with Crippen LogP contribution in [0.5, 0.6) is 0 Å². The van der Waals surface area contributed by atoms with E-state index < -0.39 is 0 Å². The Bertz CT molecular complexity index is 672. The summed E-state index contributed by atoms with van der Waals surface area (Å²) in [6.45, 7) is 11.6. The minimum Gasteiger partial charge on any atom is -0.356 e. The van der Waals surface area contributed by atoms with Gasteiger partial charge >= 0.3 is 0 Å². The van der Waals surface area contributed by atoms with Crippen molar-refractivity contribution in [2.75, 3.05) is 25.5 Å². The van der Waals surface area contributed by atoms with Crippen LogP contribution in [-0.4, -0.2) is 49.0 Å². The summed E-state index contributed by atoms with van der Waals surface area (Å²) in [5, 5.41) is 9.85. The van der Waals surface area contributed by atoms with Crippen molar-refractivity contribution >= 4 is 17.6 Å². The highest BCUT2D eigenvalue weighted by atomic mass is 16.1. The van der Waals surface area contributed by atoms with Crippen molar-refractivity contribution in [3.63, 3.8) is 0 Å². The molecule has 0 radical (unpaired) electrons. The number of hydrogen-bond donors (Lipinski definition) is 3. The van der Waals surface area contributed by atoms with Crippen LogP contribution >= 0.6 is 0 Å². The Hall–Kier alpha value is -2.08. The number of carbonyl (C=O) groups is 1. The molecule has 30 heavy (non-hydrogen) atoms. The second-order valence-electron chi connectivity index (χ2n) is 8.80. The van der Waals surface area contributed by atoms with Crippen molar-refractivity contribution in [2.45, 2.75) is 78.4 Å². The first-order valence-corrected chi connectivity index (χ1v) is 11.5. The van der Waals surface area contributed by atoms with Crippen LogP contribution in [-0.2, 0) is 11.3 Å². The van der Waals surface area contributed by atoms with Gasteiger partial charge in [-0.2, -0.15) is 0 Å². The summed E-state index contributed by atoms with van der Waals surface area (Å²) < 4.78 is 0. The van der Waals surface area contributed by atoms with Crippen molar-refractivity contribution in [2.24, 2.45) is 10.9 Å². The Morgan fingerprint density at radius 2 is 1.83 bits per heavy atom. The van der Waals surface area contributed by atoms with Crippen molar-refractivity contribution in [3.05, 3.63) is 29.8 Å². The third-order valence-electron chi connectivity index (χ3n) is 5.82. The number of anilines is 1. The summed E-state index contributed by atoms with van der Waals surface area (Å²) in [4.78, 5) is 19.2. The van der Waals surface area contributed by atoms with E-state index in [4.69, 9.17) is 0 Å². The molecule has 6 heteroatoms. The van der Waals surface area contributed by atoms with Crippen LogP contribution in [0.4, 0.5) is 5.69 Å². The monoisotopic (exact) mass is 415 g/mol. The molecule has 168 valence electrons. The highest BCUT2D eigenvalue weighted by molar-refractivity contribution is 5.92. The molecule has 0 heterocycles. The summed E-state index contributed by atoms with van der Waals surface area (Å²) >= 11 is 0. The SMILES string of the molecule is CN=C(NCCCN(C(C)C)C(C)C)NCc1cccc(NC(=O)C2CCCC2)c1. The molecule has 1 aliphatic rings. The predicted molar refractivity (Wildman–Crippen MR) is 127 cm³/mol. The van der Waals surface area contributed by atoms with E-state index in [1.807, 2.05) is 18.2 Å². The summed E-state index contributed by atoms with van der Waals surface area (Å²) in [6, 6.07) is 9.17. The van der Waals surface area contributed by atoms with Crippen LogP contribution in [0, 0.1) is 5.92 Å². The van der Waals surface area contributed by atoms with Gasteiger partial charge in [0.25, 0.3) is 0 Å². The predicted octanol–water partition coefficient (Wildman–Crippen LogP) is 3.99. The van der Waals surface area contributed by atoms with Crippen LogP contribution in [0.1, 0.15) is 65.4 Å². The van der Waals surface area contributed by atoms with Gasteiger partial charge in [0.05, 0.1) is 0 Å². The van der Waals surface area contributed by atoms with Gasteiger partial charge in [0, 0.05) is 50.4 Å². The molecule has 0 aromatic heterocycles. The zero-order valence-corrected chi connectivity index (χ0v) is 19.5. The Morgan fingerprint density at radius 3 is 2.47 bits per heavy atom. The van der Waals surface area contributed by atoms with Crippen molar-refractivity contribution in [1.29, 1.82) is 0 Å². The molecule has 0 bridgehead atoms. The first kappa shape index (κ1) is 24.2. The fraction of sp³-hybridized carbons (Fsp3) is 0.667. The van der Waals surface area contributed by atoms with Crippen molar-refractivity contribution in [3.8, 4) is 0 Å². The summed E-state index contributed by atoms with van der Waals surface area (Å²) in [5.41, 5.74) is 1.99. The number of amides is 1. The van der Waals surface area contributed by atoms with Gasteiger partial charge in [-0.15, -0.1) is 0 Å². The maximum absolute atomic E-state index is 12.4. The normalized spacial score (nSPS) is 15.3. The van der Waals surface area contributed by atoms with Crippen LogP contribution < -0.4 is 16.0 Å². The minimum absolute atomic E-state index is 0.159. The average molecular weight is 416 g/mol. The van der Waals surface area contributed by atoms with Gasteiger partial charge in [-0.05, 0) is 64.7 Å². The maximum Gasteiger partial charge on any atom is 0.227 e. The van der Waals surface area contributed by atoms with Gasteiger partial charge in [-0.1, -0.05) is 25.0 Å². The van der Waals surface area contributed by atoms with Gasteiger partial charge in [-0.3, -0.25) is 14.7 Å². The lowest BCUT2D eigenvalue weighted by atomic mass is 10.1. The largest absolute Gasteiger partial charge is 0.356 e. The summed E-state index contributed by atoms with van der Waals surface area (Å²) in [7, 11) is 1.79. The Labute approximate surface area is 182 Å². The van der Waals surface area contributed by atoms with Crippen LogP contribution in [0.2, 0.25) is 0 Å². The molecule has 2 rings (SSSR count). The molecule has 0 atom stereocenters. The number of carbonyl (C=O) groups excluding carboxylic acids is 1. The highest BCUT2D eigenvalue weighted by Crippen LogP contribution is 2.26. The molecule has 1 aromatic rings. The van der Waals surface area contributed by atoms with Gasteiger partial charge in [0.15, 0.2) is 5.96 Å². The maximum atomic E-state index is 12.4. The molecule has 0 aliphatic heterocycles. The van der Waals surface area contributed by atoms with E-state index in [0.717, 1.165) is 49.6 Å². The van der Waals surface area contributed by atoms with Gasteiger partial charge in [0.1, 0.15) is 0 Å². The topological polar surface area (TPSA) is 68.8 Å². The van der Waals surface area contributed by atoms with Crippen molar-refractivity contribution in [1.82, 2.24) is 15.5 Å². The lowest BCUT2D eigenvalue weighted by molar-refractivity contribution is -0.119. The Morgan fingerprint density at radius 1 is 1.13 bits per heavy atom. The molecular weight excluding hydrogens is 374 g/mol. The second kappa shape index (κ2) is 12.6. The first-order chi connectivity index (χ1) is 14.4. The smallest absolute Gasteiger partial charge is 0.227 e. The molecule has 1 aromatic carbocycles. The number of nitrogens with zero attached hydrogens (tertiary/aromatic N) is 2. The fourth-order valence-electron chi connectivity index (χ4n) is 4.18. The number of rotatable bonds is 10. The molecule has 6 nitrogen and oxygen atoms in total. The lowest BCUT2D eigenvalue weighted by Gasteiger charge is -2.30. The van der Waals surface area contributed by atoms with Crippen LogP contribution in [0.15, 0.2) is 29.3 Å². The zero-order chi connectivity index (χ0) is 21.9. The third kappa shape index (κ3) is 7.98. The lowest BCUT2D eigenvalue weighted by Crippen LogP contribution is -2.41. The van der Waals surface area contributed by atoms with Gasteiger partial charge < -0.3 is 16.0 Å². The van der Waals surface area contributed by atoms with E-state index in [1.54, 1.807) is 7.05 Å². The van der Waals surface area contributed by atoms with E-state index in [2.05, 4.69) is 59.6 Å². The molecule has 1 amide bonds. The molecule has 0 spiro atoms. The molecule has 0 unspecified atom stereocenters. The molecule has 1 saturated carbocycles. The van der Waals surface area contributed by atoms with Crippen LogP contribution in [0.3, 0.4) is 0 Å². The summed E-state index contributed by atoms with van der Waals surface area (Å²) in [6.07, 6.45) is 5.43. The highest BCUT2D eigenvalue weighted by Gasteiger charge is 2.22. The minimum atomic E-state index is 0.159. The summed E-state index contributed by atoms with van der Waals surface area (Å²) in [5.74, 6) is 1.14. The van der Waals surface area contributed by atoms with Gasteiger partial charge in [0.2, 0.25) is 5.91 Å². The van der Waals surface area contributed by atoms with E-state index in [-0.39, 0.29) is 11.8 Å². The van der Waals surface area contributed by atoms with Crippen molar-refractivity contribution < 1.29 is 4.79 Å². The number of hydrogen-bond acceptors (Lipinski definition) is 3. The number of nitrogens with one attached hydrogen (secondary N) is 3. The van der Waals surface area contributed by atoms with E-state index in [1.165, 1.54) is 12.8 Å². The molecule has 1 aliphatic carbocycles. The molecule has 3 N–H and O–H groups in total. The van der Waals surface area contributed by atoms with E-state index >= 15 is 0 Å². The van der Waals surface area contributed by atoms with Crippen LogP contribution in [0.25, 0.3) is 0 Å². The molecule has 1 fully saturated rings. The first-order valence-electron chi connectivity index (χ1n) is 11.5. The van der Waals surface area contributed by atoms with Gasteiger partial charge in [-0.25, -0.2) is 0 Å². The Balaban J connectivity index is 1.76. The second-order valence-corrected chi connectivity index (χ2v) is 8.80. The third-order valence-corrected chi connectivity index (χ3v) is 5.82. The number of aliphatic imine (C=N–C) groups is 1. The molecular formula is C24H41N5O. The standard InChI is InChI=1S/C24H41N5O/c1-18(2)29(19(3)4)15-9-14-26-24(25-5)27-17-20-10-8-13-22(16-20)28-23(30)21-11-6-7-12-21/h8,10,13,16,18-19,21H,6-7,9,11-12,14-15,17H2,1-5H3,(H,28,30)(H2,25,26,27). The average Bonchev–Trinajstić information content (AvgIpc) is 3.25. The van der Waals surface area contributed by atoms with E-state index in [0.29, 0.717) is 18.6 Å².